The van der Waals surface area contributed by atoms with Crippen LogP contribution in [0.2, 0.25) is 0 Å². The van der Waals surface area contributed by atoms with Crippen LogP contribution in [-0.2, 0) is 6.42 Å². The number of hydrogen-bond donors (Lipinski definition) is 0. The third kappa shape index (κ3) is 7.10. The quantitative estimate of drug-likeness (QED) is 0.413. The molecular formula is C27H40O2. The van der Waals surface area contributed by atoms with Crippen molar-refractivity contribution < 1.29 is 9.47 Å². The second-order valence-electron chi connectivity index (χ2n) is 10.0. The molecule has 2 aromatic carbocycles. The highest BCUT2D eigenvalue weighted by molar-refractivity contribution is 5.45. The molecule has 0 aromatic heterocycles. The average Bonchev–Trinajstić information content (AvgIpc) is 2.67. The van der Waals surface area contributed by atoms with Crippen molar-refractivity contribution >= 4 is 0 Å². The summed E-state index contributed by atoms with van der Waals surface area (Å²) in [5.41, 5.74) is 5.30. The Balaban J connectivity index is 2.28. The largest absolute Gasteiger partial charge is 0.493 e. The van der Waals surface area contributed by atoms with E-state index in [1.165, 1.54) is 22.3 Å². The summed E-state index contributed by atoms with van der Waals surface area (Å²) in [5.74, 6) is 1.97. The molecule has 0 aliphatic carbocycles. The van der Waals surface area contributed by atoms with Gasteiger partial charge in [0.2, 0.25) is 0 Å². The van der Waals surface area contributed by atoms with Crippen LogP contribution in [-0.4, -0.2) is 13.2 Å². The van der Waals surface area contributed by atoms with Crippen LogP contribution in [0.15, 0.2) is 36.4 Å². The molecule has 2 rings (SSSR count). The highest BCUT2D eigenvalue weighted by Gasteiger charge is 2.19. The van der Waals surface area contributed by atoms with Crippen LogP contribution in [0.4, 0.5) is 0 Å². The Morgan fingerprint density at radius 1 is 0.655 bits per heavy atom. The predicted molar refractivity (Wildman–Crippen MR) is 124 cm³/mol. The molecular weight excluding hydrogens is 356 g/mol. The van der Waals surface area contributed by atoms with E-state index in [0.717, 1.165) is 44.0 Å². The van der Waals surface area contributed by atoms with Crippen LogP contribution in [0.1, 0.15) is 76.6 Å². The van der Waals surface area contributed by atoms with Gasteiger partial charge in [0, 0.05) is 6.42 Å². The smallest absolute Gasteiger partial charge is 0.122 e. The number of hydrogen-bond acceptors (Lipinski definition) is 2. The lowest BCUT2D eigenvalue weighted by Gasteiger charge is -2.25. The third-order valence-corrected chi connectivity index (χ3v) is 5.96. The van der Waals surface area contributed by atoms with Crippen LogP contribution in [0, 0.1) is 24.7 Å². The van der Waals surface area contributed by atoms with Gasteiger partial charge in [0.25, 0.3) is 0 Å². The number of aryl methyl sites for hydroxylation is 2. The van der Waals surface area contributed by atoms with Crippen LogP contribution in [0.3, 0.4) is 0 Å². The van der Waals surface area contributed by atoms with Gasteiger partial charge in [-0.2, -0.15) is 0 Å². The Kier molecular flexibility index (Phi) is 7.80. The number of rotatable bonds is 10. The van der Waals surface area contributed by atoms with Gasteiger partial charge >= 0.3 is 0 Å². The van der Waals surface area contributed by atoms with Crippen molar-refractivity contribution in [3.63, 3.8) is 0 Å². The average molecular weight is 397 g/mol. The summed E-state index contributed by atoms with van der Waals surface area (Å²) in [5, 5.41) is 0. The summed E-state index contributed by atoms with van der Waals surface area (Å²) in [4.78, 5) is 0. The molecule has 0 spiro atoms. The fraction of sp³-hybridized carbons (Fsp3) is 0.556. The molecule has 0 aliphatic rings. The van der Waals surface area contributed by atoms with Crippen molar-refractivity contribution in [1.82, 2.24) is 0 Å². The Morgan fingerprint density at radius 3 is 1.38 bits per heavy atom. The van der Waals surface area contributed by atoms with Gasteiger partial charge in [-0.05, 0) is 60.8 Å². The van der Waals surface area contributed by atoms with Crippen molar-refractivity contribution in [3.8, 4) is 11.5 Å². The first-order valence-corrected chi connectivity index (χ1v) is 11.0. The number of benzene rings is 2. The van der Waals surface area contributed by atoms with E-state index in [1.807, 2.05) is 0 Å². The molecule has 29 heavy (non-hydrogen) atoms. The van der Waals surface area contributed by atoms with Crippen LogP contribution >= 0.6 is 0 Å². The standard InChI is InChI=1S/C27H40O2/c1-9-26(5,6)18-28-24-13-11-20(3)15-22(24)17-23-16-21(4)12-14-25(23)29-19-27(7,8)10-2/h11-16H,9-10,17-19H2,1-8H3. The van der Waals surface area contributed by atoms with Gasteiger partial charge in [0.05, 0.1) is 13.2 Å². The van der Waals surface area contributed by atoms with Gasteiger partial charge in [0.1, 0.15) is 11.5 Å². The monoisotopic (exact) mass is 396 g/mol. The van der Waals surface area contributed by atoms with Crippen LogP contribution < -0.4 is 9.47 Å². The van der Waals surface area contributed by atoms with E-state index in [0.29, 0.717) is 0 Å². The van der Waals surface area contributed by atoms with E-state index in [1.54, 1.807) is 0 Å². The first-order chi connectivity index (χ1) is 13.5. The zero-order valence-corrected chi connectivity index (χ0v) is 19.8. The Labute approximate surface area is 178 Å². The van der Waals surface area contributed by atoms with E-state index in [4.69, 9.17) is 9.47 Å². The lowest BCUT2D eigenvalue weighted by molar-refractivity contribution is 0.173. The SMILES string of the molecule is CCC(C)(C)COc1ccc(C)cc1Cc1cc(C)ccc1OCC(C)(C)CC. The highest BCUT2D eigenvalue weighted by Crippen LogP contribution is 2.31. The third-order valence-electron chi connectivity index (χ3n) is 5.96. The summed E-state index contributed by atoms with van der Waals surface area (Å²) in [6.45, 7) is 19.2. The summed E-state index contributed by atoms with van der Waals surface area (Å²) < 4.78 is 12.6. The minimum Gasteiger partial charge on any atom is -0.493 e. The molecule has 0 radical (unpaired) electrons. The molecule has 2 nitrogen and oxygen atoms in total. The summed E-state index contributed by atoms with van der Waals surface area (Å²) >= 11 is 0. The molecule has 0 bridgehead atoms. The molecule has 0 fully saturated rings. The van der Waals surface area contributed by atoms with E-state index in [2.05, 4.69) is 91.8 Å². The lowest BCUT2D eigenvalue weighted by atomic mass is 9.91. The molecule has 0 N–H and O–H groups in total. The van der Waals surface area contributed by atoms with E-state index in [-0.39, 0.29) is 10.8 Å². The zero-order valence-electron chi connectivity index (χ0n) is 19.8. The Hall–Kier alpha value is -1.96. The topological polar surface area (TPSA) is 18.5 Å². The van der Waals surface area contributed by atoms with Gasteiger partial charge in [-0.25, -0.2) is 0 Å². The van der Waals surface area contributed by atoms with Crippen LogP contribution in [0.25, 0.3) is 0 Å². The van der Waals surface area contributed by atoms with E-state index < -0.39 is 0 Å². The Morgan fingerprint density at radius 2 is 1.03 bits per heavy atom. The first-order valence-electron chi connectivity index (χ1n) is 11.0. The van der Waals surface area contributed by atoms with Gasteiger partial charge in [0.15, 0.2) is 0 Å². The van der Waals surface area contributed by atoms with Crippen molar-refractivity contribution in [3.05, 3.63) is 58.7 Å². The summed E-state index contributed by atoms with van der Waals surface area (Å²) in [6.07, 6.45) is 3.00. The molecule has 2 aromatic rings. The second-order valence-corrected chi connectivity index (χ2v) is 10.0. The van der Waals surface area contributed by atoms with Gasteiger partial charge in [-0.1, -0.05) is 76.9 Å². The minimum atomic E-state index is 0.172. The molecule has 0 heterocycles. The maximum Gasteiger partial charge on any atom is 0.122 e. The molecule has 0 saturated carbocycles. The molecule has 160 valence electrons. The van der Waals surface area contributed by atoms with Crippen molar-refractivity contribution in [2.75, 3.05) is 13.2 Å². The van der Waals surface area contributed by atoms with E-state index >= 15 is 0 Å². The highest BCUT2D eigenvalue weighted by atomic mass is 16.5. The molecule has 0 unspecified atom stereocenters. The van der Waals surface area contributed by atoms with Crippen LogP contribution in [0.5, 0.6) is 11.5 Å². The fourth-order valence-electron chi connectivity index (χ4n) is 2.93. The van der Waals surface area contributed by atoms with E-state index in [9.17, 15) is 0 Å². The number of ether oxygens (including phenoxy) is 2. The maximum absolute atomic E-state index is 6.28. The zero-order chi connectivity index (χ0) is 21.7. The molecule has 0 atom stereocenters. The fourth-order valence-corrected chi connectivity index (χ4v) is 2.93. The maximum atomic E-state index is 6.28. The molecule has 0 amide bonds. The molecule has 0 saturated heterocycles. The lowest BCUT2D eigenvalue weighted by Crippen LogP contribution is -2.21. The first kappa shape index (κ1) is 23.3. The predicted octanol–water partition coefficient (Wildman–Crippen LogP) is 7.52. The van der Waals surface area contributed by atoms with Gasteiger partial charge in [-0.15, -0.1) is 0 Å². The normalized spacial score (nSPS) is 12.1. The molecule has 2 heteroatoms. The Bertz CT molecular complexity index is 735. The second kappa shape index (κ2) is 9.69. The summed E-state index contributed by atoms with van der Waals surface area (Å²) in [6, 6.07) is 13.0. The van der Waals surface area contributed by atoms with Crippen molar-refractivity contribution in [2.45, 2.75) is 74.7 Å². The summed E-state index contributed by atoms with van der Waals surface area (Å²) in [7, 11) is 0. The van der Waals surface area contributed by atoms with Gasteiger partial charge < -0.3 is 9.47 Å². The van der Waals surface area contributed by atoms with Crippen molar-refractivity contribution in [2.24, 2.45) is 10.8 Å². The van der Waals surface area contributed by atoms with Crippen molar-refractivity contribution in [1.29, 1.82) is 0 Å². The molecule has 0 aliphatic heterocycles. The van der Waals surface area contributed by atoms with Gasteiger partial charge in [-0.3, -0.25) is 0 Å². The minimum absolute atomic E-state index is 0.172.